The lowest BCUT2D eigenvalue weighted by atomic mass is 9.96. The third-order valence-corrected chi connectivity index (χ3v) is 4.64. The maximum absolute atomic E-state index is 6.17. The average molecular weight is 348 g/mol. The second-order valence-corrected chi connectivity index (χ2v) is 6.51. The zero-order chi connectivity index (χ0) is 17.2. The molecule has 2 aromatic carbocycles. The highest BCUT2D eigenvalue weighted by molar-refractivity contribution is 6.30. The number of anilines is 1. The molecular weight excluding hydrogens is 330 g/mol. The van der Waals surface area contributed by atoms with E-state index in [1.54, 1.807) is 0 Å². The Balaban J connectivity index is 1.87. The normalized spacial score (nSPS) is 12.2. The van der Waals surface area contributed by atoms with Crippen molar-refractivity contribution in [1.82, 2.24) is 9.97 Å². The van der Waals surface area contributed by atoms with Crippen LogP contribution in [0.1, 0.15) is 22.9 Å². The summed E-state index contributed by atoms with van der Waals surface area (Å²) in [6.45, 7) is 2.11. The number of H-pyrrole nitrogens is 1. The molecule has 0 saturated heterocycles. The molecule has 0 aliphatic carbocycles. The number of hydrogen-bond donors (Lipinski definition) is 2. The predicted octanol–water partition coefficient (Wildman–Crippen LogP) is 5.73. The summed E-state index contributed by atoms with van der Waals surface area (Å²) in [7, 11) is 0. The van der Waals surface area contributed by atoms with Gasteiger partial charge >= 0.3 is 0 Å². The van der Waals surface area contributed by atoms with Crippen molar-refractivity contribution < 1.29 is 0 Å². The Morgan fingerprint density at radius 2 is 1.80 bits per heavy atom. The fourth-order valence-corrected chi connectivity index (χ4v) is 3.48. The summed E-state index contributed by atoms with van der Waals surface area (Å²) in [5.74, 6) is 0. The van der Waals surface area contributed by atoms with Crippen molar-refractivity contribution in [3.8, 4) is 0 Å². The number of nitrogens with one attached hydrogen (secondary N) is 2. The minimum atomic E-state index is -0.00221. The number of aromatic amines is 1. The monoisotopic (exact) mass is 347 g/mol. The fourth-order valence-electron chi connectivity index (χ4n) is 3.29. The summed E-state index contributed by atoms with van der Waals surface area (Å²) in [4.78, 5) is 7.65. The van der Waals surface area contributed by atoms with Crippen LogP contribution in [0.15, 0.2) is 73.1 Å². The molecule has 0 saturated carbocycles. The van der Waals surface area contributed by atoms with Crippen LogP contribution in [0.2, 0.25) is 5.02 Å². The first kappa shape index (κ1) is 15.7. The van der Waals surface area contributed by atoms with Crippen LogP contribution in [0.4, 0.5) is 5.69 Å². The van der Waals surface area contributed by atoms with Gasteiger partial charge in [-0.05, 0) is 48.9 Å². The van der Waals surface area contributed by atoms with Crippen LogP contribution in [-0.2, 0) is 0 Å². The van der Waals surface area contributed by atoms with Crippen molar-refractivity contribution in [1.29, 1.82) is 0 Å². The number of benzene rings is 2. The second-order valence-electron chi connectivity index (χ2n) is 6.08. The molecule has 0 aliphatic rings. The molecule has 1 atom stereocenters. The highest BCUT2D eigenvalue weighted by Crippen LogP contribution is 2.34. The second kappa shape index (κ2) is 6.61. The van der Waals surface area contributed by atoms with Crippen LogP contribution < -0.4 is 5.32 Å². The number of para-hydroxylation sites is 1. The van der Waals surface area contributed by atoms with Gasteiger partial charge in [-0.15, -0.1) is 0 Å². The highest BCUT2D eigenvalue weighted by Gasteiger charge is 2.20. The number of pyridine rings is 1. The van der Waals surface area contributed by atoms with Gasteiger partial charge in [-0.3, -0.25) is 4.98 Å². The molecule has 25 heavy (non-hydrogen) atoms. The van der Waals surface area contributed by atoms with Gasteiger partial charge < -0.3 is 10.3 Å². The molecule has 124 valence electrons. The van der Waals surface area contributed by atoms with E-state index >= 15 is 0 Å². The molecule has 0 spiro atoms. The topological polar surface area (TPSA) is 40.7 Å². The highest BCUT2D eigenvalue weighted by atomic mass is 35.5. The van der Waals surface area contributed by atoms with Crippen molar-refractivity contribution in [2.24, 2.45) is 0 Å². The zero-order valence-electron chi connectivity index (χ0n) is 13.8. The van der Waals surface area contributed by atoms with Gasteiger partial charge in [0.25, 0.3) is 0 Å². The van der Waals surface area contributed by atoms with E-state index in [0.717, 1.165) is 22.5 Å². The van der Waals surface area contributed by atoms with Gasteiger partial charge in [-0.1, -0.05) is 35.9 Å². The minimum absolute atomic E-state index is 0.00221. The summed E-state index contributed by atoms with van der Waals surface area (Å²) in [6, 6.07) is 20.3. The summed E-state index contributed by atoms with van der Waals surface area (Å²) in [6.07, 6.45) is 3.65. The van der Waals surface area contributed by atoms with E-state index < -0.39 is 0 Å². The van der Waals surface area contributed by atoms with Crippen molar-refractivity contribution in [2.45, 2.75) is 13.0 Å². The maximum atomic E-state index is 6.17. The molecule has 0 radical (unpaired) electrons. The standard InChI is InChI=1S/C21H18ClN3/c1-14-20(18-7-2-3-8-19(18)24-14)21(15-9-11-23-12-10-15)25-17-6-4-5-16(22)13-17/h2-13,21,24-25H,1H3. The van der Waals surface area contributed by atoms with E-state index in [9.17, 15) is 0 Å². The number of rotatable bonds is 4. The maximum Gasteiger partial charge on any atom is 0.0792 e. The van der Waals surface area contributed by atoms with Gasteiger partial charge in [0.15, 0.2) is 0 Å². The van der Waals surface area contributed by atoms with Crippen molar-refractivity contribution in [3.63, 3.8) is 0 Å². The zero-order valence-corrected chi connectivity index (χ0v) is 14.6. The number of halogens is 1. The molecule has 0 fully saturated rings. The average Bonchev–Trinajstić information content (AvgIpc) is 2.96. The van der Waals surface area contributed by atoms with E-state index in [2.05, 4.69) is 40.4 Å². The van der Waals surface area contributed by atoms with Crippen LogP contribution in [-0.4, -0.2) is 9.97 Å². The fraction of sp³-hybridized carbons (Fsp3) is 0.0952. The predicted molar refractivity (Wildman–Crippen MR) is 104 cm³/mol. The first-order valence-corrected chi connectivity index (χ1v) is 8.59. The number of hydrogen-bond acceptors (Lipinski definition) is 2. The molecule has 4 heteroatoms. The van der Waals surface area contributed by atoms with Crippen LogP contribution >= 0.6 is 11.6 Å². The number of aryl methyl sites for hydroxylation is 1. The molecule has 0 bridgehead atoms. The molecule has 2 aromatic heterocycles. The molecule has 4 aromatic rings. The Morgan fingerprint density at radius 3 is 2.60 bits per heavy atom. The Labute approximate surface area is 151 Å². The lowest BCUT2D eigenvalue weighted by Crippen LogP contribution is -2.13. The Kier molecular flexibility index (Phi) is 4.16. The van der Waals surface area contributed by atoms with Gasteiger partial charge in [0.2, 0.25) is 0 Å². The van der Waals surface area contributed by atoms with Gasteiger partial charge in [0.1, 0.15) is 0 Å². The lowest BCUT2D eigenvalue weighted by Gasteiger charge is -2.21. The number of fused-ring (bicyclic) bond motifs is 1. The Morgan fingerprint density at radius 1 is 1.00 bits per heavy atom. The van der Waals surface area contributed by atoms with Crippen LogP contribution in [0.25, 0.3) is 10.9 Å². The molecule has 3 nitrogen and oxygen atoms in total. The van der Waals surface area contributed by atoms with Crippen LogP contribution in [0.3, 0.4) is 0 Å². The smallest absolute Gasteiger partial charge is 0.0792 e. The van der Waals surface area contributed by atoms with Crippen molar-refractivity contribution in [3.05, 3.63) is 94.9 Å². The molecular formula is C21H18ClN3. The van der Waals surface area contributed by atoms with Gasteiger partial charge in [0.05, 0.1) is 6.04 Å². The molecule has 0 aliphatic heterocycles. The summed E-state index contributed by atoms with van der Waals surface area (Å²) >= 11 is 6.17. The summed E-state index contributed by atoms with van der Waals surface area (Å²) in [5.41, 5.74) is 5.67. The van der Waals surface area contributed by atoms with Crippen molar-refractivity contribution in [2.75, 3.05) is 5.32 Å². The van der Waals surface area contributed by atoms with Crippen LogP contribution in [0.5, 0.6) is 0 Å². The molecule has 2 N–H and O–H groups in total. The van der Waals surface area contributed by atoms with Crippen molar-refractivity contribution >= 4 is 28.2 Å². The van der Waals surface area contributed by atoms with E-state index in [-0.39, 0.29) is 6.04 Å². The number of aromatic nitrogens is 2. The largest absolute Gasteiger partial charge is 0.374 e. The first-order valence-electron chi connectivity index (χ1n) is 8.21. The third kappa shape index (κ3) is 3.11. The molecule has 4 rings (SSSR count). The molecule has 2 heterocycles. The third-order valence-electron chi connectivity index (χ3n) is 4.41. The Bertz CT molecular complexity index is 1010. The van der Waals surface area contributed by atoms with E-state index in [0.29, 0.717) is 5.02 Å². The minimum Gasteiger partial charge on any atom is -0.374 e. The van der Waals surface area contributed by atoms with E-state index in [1.165, 1.54) is 10.9 Å². The lowest BCUT2D eigenvalue weighted by molar-refractivity contribution is 0.928. The van der Waals surface area contributed by atoms with Gasteiger partial charge in [-0.25, -0.2) is 0 Å². The van der Waals surface area contributed by atoms with E-state index in [4.69, 9.17) is 11.6 Å². The van der Waals surface area contributed by atoms with Gasteiger partial charge in [-0.2, -0.15) is 0 Å². The summed E-state index contributed by atoms with van der Waals surface area (Å²) in [5, 5.41) is 5.57. The SMILES string of the molecule is Cc1[nH]c2ccccc2c1C(Nc1cccc(Cl)c1)c1ccncc1. The number of nitrogens with zero attached hydrogens (tertiary/aromatic N) is 1. The molecule has 0 amide bonds. The summed E-state index contributed by atoms with van der Waals surface area (Å²) < 4.78 is 0. The first-order chi connectivity index (χ1) is 12.2. The molecule has 1 unspecified atom stereocenters. The van der Waals surface area contributed by atoms with Crippen LogP contribution in [0, 0.1) is 6.92 Å². The Hall–Kier alpha value is -2.78. The quantitative estimate of drug-likeness (QED) is 0.495. The van der Waals surface area contributed by atoms with E-state index in [1.807, 2.05) is 54.9 Å². The van der Waals surface area contributed by atoms with Gasteiger partial charge in [0, 0.05) is 45.3 Å².